The molecule has 3 aromatic rings. The van der Waals surface area contributed by atoms with E-state index in [9.17, 15) is 19.5 Å². The first-order valence-electron chi connectivity index (χ1n) is 14.1. The average molecular weight is 589 g/mol. The molecule has 4 amide bonds. The summed E-state index contributed by atoms with van der Waals surface area (Å²) in [6, 6.07) is 22.8. The maximum atomic E-state index is 13.8. The number of hydrogen-bond acceptors (Lipinski definition) is 5. The Morgan fingerprint density at radius 3 is 2.02 bits per heavy atom. The van der Waals surface area contributed by atoms with Gasteiger partial charge in [0.25, 0.3) is 5.91 Å². The summed E-state index contributed by atoms with van der Waals surface area (Å²) in [5, 5.41) is 20.1. The van der Waals surface area contributed by atoms with Crippen molar-refractivity contribution < 1.29 is 19.5 Å². The van der Waals surface area contributed by atoms with Crippen LogP contribution in [0.1, 0.15) is 41.7 Å². The highest BCUT2D eigenvalue weighted by Crippen LogP contribution is 2.40. The Balaban J connectivity index is 1.48. The van der Waals surface area contributed by atoms with Crippen molar-refractivity contribution in [3.63, 3.8) is 0 Å². The lowest BCUT2D eigenvalue weighted by atomic mass is 9.97. The first-order valence-corrected chi connectivity index (χ1v) is 15.1. The van der Waals surface area contributed by atoms with Gasteiger partial charge in [-0.2, -0.15) is 0 Å². The molecule has 42 heavy (non-hydrogen) atoms. The molecule has 3 aromatic carbocycles. The molecule has 0 saturated carbocycles. The van der Waals surface area contributed by atoms with Crippen molar-refractivity contribution in [2.45, 2.75) is 70.1 Å². The van der Waals surface area contributed by atoms with Gasteiger partial charge < -0.3 is 26.0 Å². The number of benzene rings is 3. The first-order chi connectivity index (χ1) is 20.1. The smallest absolute Gasteiger partial charge is 0.315 e. The molecule has 0 bridgehead atoms. The lowest BCUT2D eigenvalue weighted by molar-refractivity contribution is -0.147. The largest absolute Gasteiger partial charge is 0.381 e. The van der Waals surface area contributed by atoms with E-state index in [1.807, 2.05) is 107 Å². The standard InChI is InChI=1S/C33H40N4O4S/c1-22-12-8-10-16-25(22)19-34-30(39)29-33(3,4)42-21-37(29)31(40)28(38)27(18-24-14-6-5-7-15-24)36-32(41)35-20-26-17-11-9-13-23(26)2/h5-17,27-29,38H,18-21H2,1-4H3,(H,34,39)(H2,35,36,41)/t27?,28?,29-/m1/s1. The summed E-state index contributed by atoms with van der Waals surface area (Å²) in [4.78, 5) is 41.7. The van der Waals surface area contributed by atoms with Crippen molar-refractivity contribution in [3.05, 3.63) is 107 Å². The fraction of sp³-hybridized carbons (Fsp3) is 0.364. The number of thioether (sulfide) groups is 1. The van der Waals surface area contributed by atoms with E-state index in [-0.39, 0.29) is 18.2 Å². The van der Waals surface area contributed by atoms with Crippen molar-refractivity contribution in [3.8, 4) is 0 Å². The van der Waals surface area contributed by atoms with Crippen molar-refractivity contribution >= 4 is 29.6 Å². The summed E-state index contributed by atoms with van der Waals surface area (Å²) in [7, 11) is 0. The van der Waals surface area contributed by atoms with Crippen LogP contribution < -0.4 is 16.0 Å². The molecule has 1 aliphatic heterocycles. The highest BCUT2D eigenvalue weighted by Gasteiger charge is 2.49. The summed E-state index contributed by atoms with van der Waals surface area (Å²) >= 11 is 1.48. The van der Waals surface area contributed by atoms with Gasteiger partial charge in [0.1, 0.15) is 6.04 Å². The van der Waals surface area contributed by atoms with Crippen LogP contribution in [0, 0.1) is 13.8 Å². The second-order valence-electron chi connectivity index (χ2n) is 11.2. The summed E-state index contributed by atoms with van der Waals surface area (Å²) < 4.78 is -0.571. The second-order valence-corrected chi connectivity index (χ2v) is 12.8. The number of nitrogens with zero attached hydrogens (tertiary/aromatic N) is 1. The van der Waals surface area contributed by atoms with Crippen LogP contribution in [0.2, 0.25) is 0 Å². The monoisotopic (exact) mass is 588 g/mol. The van der Waals surface area contributed by atoms with Gasteiger partial charge in [0.15, 0.2) is 6.10 Å². The van der Waals surface area contributed by atoms with E-state index in [1.54, 1.807) is 0 Å². The lowest BCUT2D eigenvalue weighted by Crippen LogP contribution is -2.59. The van der Waals surface area contributed by atoms with E-state index < -0.39 is 34.9 Å². The summed E-state index contributed by atoms with van der Waals surface area (Å²) in [6.07, 6.45) is -1.32. The van der Waals surface area contributed by atoms with Gasteiger partial charge in [0.2, 0.25) is 5.91 Å². The molecule has 8 nitrogen and oxygen atoms in total. The molecule has 4 rings (SSSR count). The van der Waals surface area contributed by atoms with Gasteiger partial charge >= 0.3 is 6.03 Å². The minimum atomic E-state index is -1.56. The third-order valence-corrected chi connectivity index (χ3v) is 9.12. The summed E-state index contributed by atoms with van der Waals surface area (Å²) in [5.41, 5.74) is 4.94. The Morgan fingerprint density at radius 2 is 1.43 bits per heavy atom. The molecule has 0 radical (unpaired) electrons. The Hall–Kier alpha value is -3.82. The first kappa shape index (κ1) is 31.1. The Morgan fingerprint density at radius 1 is 0.881 bits per heavy atom. The average Bonchev–Trinajstić information content (AvgIpc) is 3.30. The quantitative estimate of drug-likeness (QED) is 0.286. The lowest BCUT2D eigenvalue weighted by Gasteiger charge is -2.33. The number of urea groups is 1. The van der Waals surface area contributed by atoms with Crippen molar-refractivity contribution in [1.29, 1.82) is 0 Å². The Bertz CT molecular complexity index is 1400. The maximum absolute atomic E-state index is 13.8. The van der Waals surface area contributed by atoms with Gasteiger partial charge in [0.05, 0.1) is 11.9 Å². The molecule has 222 valence electrons. The predicted octanol–water partition coefficient (Wildman–Crippen LogP) is 4.07. The topological polar surface area (TPSA) is 111 Å². The van der Waals surface area contributed by atoms with E-state index in [0.29, 0.717) is 13.1 Å². The fourth-order valence-electron chi connectivity index (χ4n) is 5.16. The minimum Gasteiger partial charge on any atom is -0.381 e. The molecule has 0 spiro atoms. The Kier molecular flexibility index (Phi) is 10.3. The molecular weight excluding hydrogens is 548 g/mol. The van der Waals surface area contributed by atoms with Gasteiger partial charge in [-0.05, 0) is 61.9 Å². The zero-order valence-corrected chi connectivity index (χ0v) is 25.4. The van der Waals surface area contributed by atoms with E-state index >= 15 is 0 Å². The van der Waals surface area contributed by atoms with Crippen LogP contribution in [0.3, 0.4) is 0 Å². The molecule has 2 unspecified atom stereocenters. The number of aryl methyl sites for hydroxylation is 2. The number of rotatable bonds is 10. The zero-order chi connectivity index (χ0) is 30.3. The van der Waals surface area contributed by atoms with Crippen LogP contribution in [0.4, 0.5) is 4.79 Å². The van der Waals surface area contributed by atoms with Crippen LogP contribution in [0.25, 0.3) is 0 Å². The SMILES string of the molecule is Cc1ccccc1CNC(=O)NC(Cc1ccccc1)C(O)C(=O)N1CSC(C)(C)[C@H]1C(=O)NCc1ccccc1C. The second kappa shape index (κ2) is 13.9. The minimum absolute atomic E-state index is 0.236. The zero-order valence-electron chi connectivity index (χ0n) is 24.6. The van der Waals surface area contributed by atoms with Crippen LogP contribution in [-0.2, 0) is 29.1 Å². The van der Waals surface area contributed by atoms with E-state index in [0.717, 1.165) is 27.8 Å². The normalized spacial score (nSPS) is 17.3. The van der Waals surface area contributed by atoms with Gasteiger partial charge in [0, 0.05) is 17.8 Å². The summed E-state index contributed by atoms with van der Waals surface area (Å²) in [6.45, 7) is 8.45. The molecule has 0 aliphatic carbocycles. The summed E-state index contributed by atoms with van der Waals surface area (Å²) in [5.74, 6) is -0.621. The number of carbonyl (C=O) groups is 3. The van der Waals surface area contributed by atoms with Crippen LogP contribution >= 0.6 is 11.8 Å². The van der Waals surface area contributed by atoms with Crippen LogP contribution in [-0.4, -0.2) is 56.7 Å². The molecule has 9 heteroatoms. The maximum Gasteiger partial charge on any atom is 0.315 e. The third kappa shape index (κ3) is 7.72. The van der Waals surface area contributed by atoms with Gasteiger partial charge in [-0.3, -0.25) is 9.59 Å². The van der Waals surface area contributed by atoms with Crippen molar-refractivity contribution in [2.24, 2.45) is 0 Å². The van der Waals surface area contributed by atoms with Gasteiger partial charge in [-0.25, -0.2) is 4.79 Å². The molecular formula is C33H40N4O4S. The van der Waals surface area contributed by atoms with Crippen molar-refractivity contribution in [2.75, 3.05) is 5.88 Å². The van der Waals surface area contributed by atoms with Gasteiger partial charge in [-0.15, -0.1) is 11.8 Å². The highest BCUT2D eigenvalue weighted by atomic mass is 32.2. The number of amides is 4. The van der Waals surface area contributed by atoms with E-state index in [1.165, 1.54) is 16.7 Å². The highest BCUT2D eigenvalue weighted by molar-refractivity contribution is 8.00. The number of aliphatic hydroxyl groups excluding tert-OH is 1. The molecule has 3 atom stereocenters. The number of carbonyl (C=O) groups excluding carboxylic acids is 3. The third-order valence-electron chi connectivity index (χ3n) is 7.74. The number of hydrogen-bond donors (Lipinski definition) is 4. The molecule has 0 aromatic heterocycles. The van der Waals surface area contributed by atoms with Crippen molar-refractivity contribution in [1.82, 2.24) is 20.9 Å². The Labute approximate surface area is 252 Å². The molecule has 1 aliphatic rings. The molecule has 1 fully saturated rings. The van der Waals surface area contributed by atoms with Crippen LogP contribution in [0.15, 0.2) is 78.9 Å². The van der Waals surface area contributed by atoms with E-state index in [4.69, 9.17) is 0 Å². The molecule has 1 saturated heterocycles. The van der Waals surface area contributed by atoms with Crippen LogP contribution in [0.5, 0.6) is 0 Å². The molecule has 4 N–H and O–H groups in total. The van der Waals surface area contributed by atoms with E-state index in [2.05, 4.69) is 16.0 Å². The molecule has 1 heterocycles. The number of aliphatic hydroxyl groups is 1. The fourth-order valence-corrected chi connectivity index (χ4v) is 6.30. The predicted molar refractivity (Wildman–Crippen MR) is 167 cm³/mol. The van der Waals surface area contributed by atoms with Gasteiger partial charge in [-0.1, -0.05) is 78.9 Å². The number of nitrogens with one attached hydrogen (secondary N) is 3.